The second-order valence-electron chi connectivity index (χ2n) is 7.06. The first-order chi connectivity index (χ1) is 15.6. The van der Waals surface area contributed by atoms with E-state index in [4.69, 9.17) is 25.8 Å². The Morgan fingerprint density at radius 3 is 2.81 bits per heavy atom. The number of rotatable bonds is 10. The van der Waals surface area contributed by atoms with Crippen LogP contribution >= 0.6 is 23.4 Å². The number of fused-ring (bicyclic) bond motifs is 1. The summed E-state index contributed by atoms with van der Waals surface area (Å²) in [6, 6.07) is 13.1. The number of carbonyl (C=O) groups excluding carboxylic acids is 1. The second kappa shape index (κ2) is 10.7. The van der Waals surface area contributed by atoms with Crippen LogP contribution in [0.5, 0.6) is 11.5 Å². The van der Waals surface area contributed by atoms with Crippen molar-refractivity contribution in [2.24, 2.45) is 0 Å². The van der Waals surface area contributed by atoms with Crippen molar-refractivity contribution in [3.8, 4) is 22.9 Å². The maximum Gasteiger partial charge on any atom is 0.231 e. The van der Waals surface area contributed by atoms with Crippen LogP contribution < -0.4 is 14.8 Å². The van der Waals surface area contributed by atoms with Gasteiger partial charge in [-0.3, -0.25) is 4.79 Å². The maximum atomic E-state index is 12.4. The summed E-state index contributed by atoms with van der Waals surface area (Å²) in [5.41, 5.74) is 1.86. The number of nitrogens with zero attached hydrogens (tertiary/aromatic N) is 3. The highest BCUT2D eigenvalue weighted by atomic mass is 35.5. The van der Waals surface area contributed by atoms with Gasteiger partial charge in [0, 0.05) is 37.4 Å². The Balaban J connectivity index is 1.38. The topological polar surface area (TPSA) is 87.5 Å². The number of benzene rings is 2. The summed E-state index contributed by atoms with van der Waals surface area (Å²) in [5, 5.41) is 12.9. The average Bonchev–Trinajstić information content (AvgIpc) is 3.43. The molecule has 0 aliphatic carbocycles. The van der Waals surface area contributed by atoms with Crippen molar-refractivity contribution in [2.75, 3.05) is 26.3 Å². The van der Waals surface area contributed by atoms with Crippen molar-refractivity contribution in [1.82, 2.24) is 20.1 Å². The van der Waals surface area contributed by atoms with Crippen LogP contribution in [0, 0.1) is 0 Å². The highest BCUT2D eigenvalue weighted by Crippen LogP contribution is 2.32. The maximum absolute atomic E-state index is 12.4. The Hall–Kier alpha value is -2.75. The molecule has 1 aromatic heterocycles. The van der Waals surface area contributed by atoms with Crippen LogP contribution in [0.2, 0.25) is 5.02 Å². The molecule has 2 aromatic carbocycles. The van der Waals surface area contributed by atoms with E-state index >= 15 is 0 Å². The first-order valence-electron chi connectivity index (χ1n) is 10.1. The van der Waals surface area contributed by atoms with Gasteiger partial charge in [0.1, 0.15) is 0 Å². The van der Waals surface area contributed by atoms with Crippen molar-refractivity contribution >= 4 is 29.3 Å². The largest absolute Gasteiger partial charge is 0.454 e. The minimum absolute atomic E-state index is 0.0906. The number of hydrogen-bond acceptors (Lipinski definition) is 7. The lowest BCUT2D eigenvalue weighted by atomic mass is 10.2. The molecule has 0 atom stereocenters. The third kappa shape index (κ3) is 5.53. The SMILES string of the molecule is COCCCn1c(SCC(=O)NCc2ccc3c(c2)OCO3)nnc1-c1ccc(Cl)cc1. The number of ether oxygens (including phenoxy) is 3. The van der Waals surface area contributed by atoms with Crippen molar-refractivity contribution in [3.63, 3.8) is 0 Å². The molecule has 168 valence electrons. The van der Waals surface area contributed by atoms with Gasteiger partial charge in [0.2, 0.25) is 12.7 Å². The number of aromatic nitrogens is 3. The summed E-state index contributed by atoms with van der Waals surface area (Å²) in [7, 11) is 1.67. The van der Waals surface area contributed by atoms with Gasteiger partial charge in [0.25, 0.3) is 0 Å². The van der Waals surface area contributed by atoms with E-state index in [0.29, 0.717) is 35.6 Å². The van der Waals surface area contributed by atoms with Gasteiger partial charge >= 0.3 is 0 Å². The van der Waals surface area contributed by atoms with Crippen molar-refractivity contribution in [1.29, 1.82) is 0 Å². The zero-order chi connectivity index (χ0) is 22.3. The third-order valence-electron chi connectivity index (χ3n) is 4.81. The molecule has 1 N–H and O–H groups in total. The van der Waals surface area contributed by atoms with Crippen LogP contribution in [-0.4, -0.2) is 46.9 Å². The molecule has 1 amide bonds. The van der Waals surface area contributed by atoms with E-state index in [0.717, 1.165) is 29.1 Å². The molecule has 1 aliphatic heterocycles. The Kier molecular flexibility index (Phi) is 7.51. The number of amides is 1. The molecule has 0 spiro atoms. The number of halogens is 1. The zero-order valence-corrected chi connectivity index (χ0v) is 19.1. The van der Waals surface area contributed by atoms with Crippen LogP contribution in [0.15, 0.2) is 47.6 Å². The van der Waals surface area contributed by atoms with Gasteiger partial charge in [-0.1, -0.05) is 29.4 Å². The molecule has 3 aromatic rings. The van der Waals surface area contributed by atoms with Crippen LogP contribution in [0.3, 0.4) is 0 Å². The van der Waals surface area contributed by atoms with E-state index in [1.807, 2.05) is 47.0 Å². The molecule has 0 fully saturated rings. The van der Waals surface area contributed by atoms with Gasteiger partial charge < -0.3 is 24.1 Å². The Bertz CT molecular complexity index is 1070. The van der Waals surface area contributed by atoms with Gasteiger partial charge in [0.15, 0.2) is 22.5 Å². The Labute approximate surface area is 195 Å². The van der Waals surface area contributed by atoms with Crippen molar-refractivity contribution < 1.29 is 19.0 Å². The lowest BCUT2D eigenvalue weighted by molar-refractivity contribution is -0.118. The summed E-state index contributed by atoms with van der Waals surface area (Å²) in [5.74, 6) is 2.30. The van der Waals surface area contributed by atoms with Crippen LogP contribution in [0.4, 0.5) is 0 Å². The molecular formula is C22H23ClN4O4S. The van der Waals surface area contributed by atoms with E-state index in [1.165, 1.54) is 11.8 Å². The highest BCUT2D eigenvalue weighted by Gasteiger charge is 2.16. The molecule has 0 unspecified atom stereocenters. The average molecular weight is 475 g/mol. The summed E-state index contributed by atoms with van der Waals surface area (Å²) >= 11 is 7.36. The fourth-order valence-corrected chi connectivity index (χ4v) is 4.13. The standard InChI is InChI=1S/C22H23ClN4O4S/c1-29-10-2-9-27-21(16-4-6-17(23)7-5-16)25-26-22(27)32-13-20(28)24-12-15-3-8-18-19(11-15)31-14-30-18/h3-8,11H,2,9-10,12-14H2,1H3,(H,24,28). The molecule has 1 aliphatic rings. The molecule has 0 saturated carbocycles. The summed E-state index contributed by atoms with van der Waals surface area (Å²) in [6.07, 6.45) is 0.805. The quantitative estimate of drug-likeness (QED) is 0.353. The predicted octanol–water partition coefficient (Wildman–Crippen LogP) is 3.77. The van der Waals surface area contributed by atoms with E-state index < -0.39 is 0 Å². The highest BCUT2D eigenvalue weighted by molar-refractivity contribution is 7.99. The molecule has 4 rings (SSSR count). The molecule has 32 heavy (non-hydrogen) atoms. The lowest BCUT2D eigenvalue weighted by Crippen LogP contribution is -2.24. The summed E-state index contributed by atoms with van der Waals surface area (Å²) < 4.78 is 17.9. The minimum Gasteiger partial charge on any atom is -0.454 e. The first kappa shape index (κ1) is 22.4. The Morgan fingerprint density at radius 2 is 2.00 bits per heavy atom. The fraction of sp³-hybridized carbons (Fsp3) is 0.318. The van der Waals surface area contributed by atoms with Gasteiger partial charge in [0.05, 0.1) is 5.75 Å². The molecule has 0 radical (unpaired) electrons. The Morgan fingerprint density at radius 1 is 1.19 bits per heavy atom. The van der Waals surface area contributed by atoms with Gasteiger partial charge in [-0.15, -0.1) is 10.2 Å². The minimum atomic E-state index is -0.0906. The van der Waals surface area contributed by atoms with E-state index in [2.05, 4.69) is 15.5 Å². The van der Waals surface area contributed by atoms with Crippen LogP contribution in [0.1, 0.15) is 12.0 Å². The summed E-state index contributed by atoms with van der Waals surface area (Å²) in [6.45, 7) is 1.94. The van der Waals surface area contributed by atoms with Gasteiger partial charge in [-0.25, -0.2) is 0 Å². The number of methoxy groups -OCH3 is 1. The first-order valence-corrected chi connectivity index (χ1v) is 11.5. The van der Waals surface area contributed by atoms with Gasteiger partial charge in [-0.2, -0.15) is 0 Å². The van der Waals surface area contributed by atoms with Crippen LogP contribution in [-0.2, 0) is 22.6 Å². The van der Waals surface area contributed by atoms with Gasteiger partial charge in [-0.05, 0) is 48.4 Å². The molecule has 8 nitrogen and oxygen atoms in total. The van der Waals surface area contributed by atoms with E-state index in [9.17, 15) is 4.79 Å². The van der Waals surface area contributed by atoms with Crippen LogP contribution in [0.25, 0.3) is 11.4 Å². The van der Waals surface area contributed by atoms with E-state index in [1.54, 1.807) is 7.11 Å². The monoisotopic (exact) mass is 474 g/mol. The molecule has 10 heteroatoms. The number of nitrogens with one attached hydrogen (secondary N) is 1. The second-order valence-corrected chi connectivity index (χ2v) is 8.44. The molecule has 0 bridgehead atoms. The molecular weight excluding hydrogens is 452 g/mol. The smallest absolute Gasteiger partial charge is 0.231 e. The number of thioether (sulfide) groups is 1. The van der Waals surface area contributed by atoms with E-state index in [-0.39, 0.29) is 18.5 Å². The number of hydrogen-bond donors (Lipinski definition) is 1. The molecule has 0 saturated heterocycles. The normalized spacial score (nSPS) is 12.2. The lowest BCUT2D eigenvalue weighted by Gasteiger charge is -2.10. The molecule has 2 heterocycles. The summed E-state index contributed by atoms with van der Waals surface area (Å²) in [4.78, 5) is 12.4. The van der Waals surface area contributed by atoms with Crippen molar-refractivity contribution in [3.05, 3.63) is 53.1 Å². The van der Waals surface area contributed by atoms with Crippen molar-refractivity contribution in [2.45, 2.75) is 24.7 Å². The number of carbonyl (C=O) groups is 1. The predicted molar refractivity (Wildman–Crippen MR) is 122 cm³/mol. The third-order valence-corrected chi connectivity index (χ3v) is 6.03. The zero-order valence-electron chi connectivity index (χ0n) is 17.5. The fourth-order valence-electron chi connectivity index (χ4n) is 3.21.